The van der Waals surface area contributed by atoms with Gasteiger partial charge in [-0.05, 0) is 55.4 Å². The van der Waals surface area contributed by atoms with Gasteiger partial charge < -0.3 is 15.1 Å². The highest BCUT2D eigenvalue weighted by atomic mass is 32.1. The van der Waals surface area contributed by atoms with Crippen LogP contribution in [0.25, 0.3) is 0 Å². The molecule has 7 heteroatoms. The van der Waals surface area contributed by atoms with Gasteiger partial charge >= 0.3 is 0 Å². The fourth-order valence-electron chi connectivity index (χ4n) is 3.23. The molecule has 1 amide bonds. The van der Waals surface area contributed by atoms with Gasteiger partial charge in [0.25, 0.3) is 0 Å². The Kier molecular flexibility index (Phi) is 5.99. The number of rotatable bonds is 6. The lowest BCUT2D eigenvalue weighted by molar-refractivity contribution is -0.125. The molecule has 1 aliphatic rings. The molecule has 1 fully saturated rings. The molecule has 1 aliphatic heterocycles. The fourth-order valence-corrected chi connectivity index (χ4v) is 3.94. The first-order valence-electron chi connectivity index (χ1n) is 8.63. The molecule has 134 valence electrons. The van der Waals surface area contributed by atoms with Crippen LogP contribution in [0.3, 0.4) is 0 Å². The third-order valence-corrected chi connectivity index (χ3v) is 5.35. The van der Waals surface area contributed by atoms with E-state index >= 15 is 0 Å². The summed E-state index contributed by atoms with van der Waals surface area (Å²) in [6.07, 6.45) is 5.39. The highest BCUT2D eigenvalue weighted by molar-refractivity contribution is 7.07. The zero-order valence-electron chi connectivity index (χ0n) is 14.8. The van der Waals surface area contributed by atoms with Crippen molar-refractivity contribution >= 4 is 23.2 Å². The standard InChI is InChI=1S/C18H25N5OS/c1-22(2)16(15-6-10-25-13-15)11-21-17(24)14-5-3-9-23(12-14)18-19-7-4-8-20-18/h4,6-8,10,13-14,16H,3,5,9,11-12H2,1-2H3,(H,21,24)/t14-,16-/m0/s1. The van der Waals surface area contributed by atoms with Gasteiger partial charge in [0.2, 0.25) is 11.9 Å². The minimum atomic E-state index is -0.0113. The number of thiophene rings is 1. The van der Waals surface area contributed by atoms with E-state index in [2.05, 4.69) is 41.9 Å². The van der Waals surface area contributed by atoms with Crippen molar-refractivity contribution in [3.8, 4) is 0 Å². The van der Waals surface area contributed by atoms with E-state index in [1.165, 1.54) is 5.56 Å². The number of nitrogens with zero attached hydrogens (tertiary/aromatic N) is 4. The van der Waals surface area contributed by atoms with E-state index in [0.717, 1.165) is 19.4 Å². The summed E-state index contributed by atoms with van der Waals surface area (Å²) in [5.74, 6) is 0.829. The predicted molar refractivity (Wildman–Crippen MR) is 101 cm³/mol. The number of nitrogens with one attached hydrogen (secondary N) is 1. The first-order chi connectivity index (χ1) is 12.1. The lowest BCUT2D eigenvalue weighted by atomic mass is 9.97. The third kappa shape index (κ3) is 4.55. The van der Waals surface area contributed by atoms with E-state index in [-0.39, 0.29) is 17.9 Å². The van der Waals surface area contributed by atoms with Crippen molar-refractivity contribution in [1.29, 1.82) is 0 Å². The number of carbonyl (C=O) groups excluding carboxylic acids is 1. The van der Waals surface area contributed by atoms with Crippen LogP contribution in [0.2, 0.25) is 0 Å². The Bertz CT molecular complexity index is 661. The Morgan fingerprint density at radius 3 is 2.92 bits per heavy atom. The average Bonchev–Trinajstić information content (AvgIpc) is 3.16. The molecule has 1 saturated heterocycles. The van der Waals surface area contributed by atoms with E-state index in [9.17, 15) is 4.79 Å². The summed E-state index contributed by atoms with van der Waals surface area (Å²) in [5, 5.41) is 7.37. The Hall–Kier alpha value is -1.99. The molecule has 0 aliphatic carbocycles. The summed E-state index contributed by atoms with van der Waals surface area (Å²) in [6.45, 7) is 2.21. The van der Waals surface area contributed by atoms with Crippen LogP contribution in [0.1, 0.15) is 24.4 Å². The molecule has 2 aromatic rings. The maximum atomic E-state index is 12.7. The van der Waals surface area contributed by atoms with Gasteiger partial charge in [0, 0.05) is 32.0 Å². The van der Waals surface area contributed by atoms with E-state index < -0.39 is 0 Å². The number of amides is 1. The minimum Gasteiger partial charge on any atom is -0.354 e. The number of aromatic nitrogens is 2. The van der Waals surface area contributed by atoms with Crippen molar-refractivity contribution in [2.24, 2.45) is 5.92 Å². The Morgan fingerprint density at radius 2 is 2.24 bits per heavy atom. The molecule has 0 aromatic carbocycles. The summed E-state index contributed by atoms with van der Waals surface area (Å²) in [4.78, 5) is 25.5. The van der Waals surface area contributed by atoms with Crippen LogP contribution in [0.15, 0.2) is 35.3 Å². The zero-order valence-corrected chi connectivity index (χ0v) is 15.6. The average molecular weight is 359 g/mol. The van der Waals surface area contributed by atoms with Crippen LogP contribution < -0.4 is 10.2 Å². The normalized spacial score (nSPS) is 19.0. The third-order valence-electron chi connectivity index (χ3n) is 4.65. The van der Waals surface area contributed by atoms with Gasteiger partial charge in [0.15, 0.2) is 0 Å². The molecule has 1 N–H and O–H groups in total. The molecular formula is C18H25N5OS. The number of carbonyl (C=O) groups is 1. The largest absolute Gasteiger partial charge is 0.354 e. The van der Waals surface area contributed by atoms with Gasteiger partial charge in [0.1, 0.15) is 0 Å². The van der Waals surface area contributed by atoms with Gasteiger partial charge in [-0.2, -0.15) is 11.3 Å². The number of anilines is 1. The number of hydrogen-bond donors (Lipinski definition) is 1. The van der Waals surface area contributed by atoms with Crippen LogP contribution in [0.4, 0.5) is 5.95 Å². The van der Waals surface area contributed by atoms with Gasteiger partial charge in [-0.3, -0.25) is 4.79 Å². The molecule has 0 spiro atoms. The van der Waals surface area contributed by atoms with Crippen molar-refractivity contribution in [3.63, 3.8) is 0 Å². The second-order valence-corrected chi connectivity index (χ2v) is 7.40. The molecule has 0 saturated carbocycles. The van der Waals surface area contributed by atoms with Gasteiger partial charge in [-0.1, -0.05) is 0 Å². The van der Waals surface area contributed by atoms with Crippen LogP contribution >= 0.6 is 11.3 Å². The topological polar surface area (TPSA) is 61.4 Å². The van der Waals surface area contributed by atoms with Gasteiger partial charge in [-0.25, -0.2) is 9.97 Å². The summed E-state index contributed by atoms with van der Waals surface area (Å²) >= 11 is 1.69. The van der Waals surface area contributed by atoms with Crippen LogP contribution in [0, 0.1) is 5.92 Å². The molecule has 2 aromatic heterocycles. The maximum absolute atomic E-state index is 12.7. The Morgan fingerprint density at radius 1 is 1.44 bits per heavy atom. The molecular weight excluding hydrogens is 334 g/mol. The zero-order chi connectivity index (χ0) is 17.6. The van der Waals surface area contributed by atoms with Crippen LogP contribution in [-0.2, 0) is 4.79 Å². The molecule has 2 atom stereocenters. The Labute approximate surface area is 152 Å². The predicted octanol–water partition coefficient (Wildman–Crippen LogP) is 2.17. The van der Waals surface area contributed by atoms with Crippen molar-refractivity contribution in [2.75, 3.05) is 38.6 Å². The van der Waals surface area contributed by atoms with E-state index in [4.69, 9.17) is 0 Å². The Balaban J connectivity index is 1.57. The number of likely N-dealkylation sites (N-methyl/N-ethyl adjacent to an activating group) is 1. The fraction of sp³-hybridized carbons (Fsp3) is 0.500. The van der Waals surface area contributed by atoms with Crippen LogP contribution in [0.5, 0.6) is 0 Å². The SMILES string of the molecule is CN(C)[C@@H](CNC(=O)[C@H]1CCCN(c2ncccn2)C1)c1ccsc1. The molecule has 25 heavy (non-hydrogen) atoms. The smallest absolute Gasteiger partial charge is 0.225 e. The molecule has 3 rings (SSSR count). The van der Waals surface area contributed by atoms with E-state index in [1.807, 2.05) is 20.2 Å². The molecule has 0 radical (unpaired) electrons. The quantitative estimate of drug-likeness (QED) is 0.856. The van der Waals surface area contributed by atoms with Crippen molar-refractivity contribution in [2.45, 2.75) is 18.9 Å². The van der Waals surface area contributed by atoms with Gasteiger partial charge in [-0.15, -0.1) is 0 Å². The van der Waals surface area contributed by atoms with E-state index in [1.54, 1.807) is 23.7 Å². The maximum Gasteiger partial charge on any atom is 0.225 e. The summed E-state index contributed by atoms with van der Waals surface area (Å²) in [6, 6.07) is 4.13. The van der Waals surface area contributed by atoms with Gasteiger partial charge in [0.05, 0.1) is 12.0 Å². The number of piperidine rings is 1. The molecule has 0 unspecified atom stereocenters. The second kappa shape index (κ2) is 8.40. The molecule has 3 heterocycles. The second-order valence-electron chi connectivity index (χ2n) is 6.62. The first kappa shape index (κ1) is 17.8. The molecule has 0 bridgehead atoms. The van der Waals surface area contributed by atoms with Crippen molar-refractivity contribution < 1.29 is 4.79 Å². The summed E-state index contributed by atoms with van der Waals surface area (Å²) in [5.41, 5.74) is 1.25. The highest BCUT2D eigenvalue weighted by Gasteiger charge is 2.27. The summed E-state index contributed by atoms with van der Waals surface area (Å²) in [7, 11) is 4.09. The molecule has 6 nitrogen and oxygen atoms in total. The summed E-state index contributed by atoms with van der Waals surface area (Å²) < 4.78 is 0. The lowest BCUT2D eigenvalue weighted by Crippen LogP contribution is -2.45. The minimum absolute atomic E-state index is 0.0113. The van der Waals surface area contributed by atoms with E-state index in [0.29, 0.717) is 19.0 Å². The lowest BCUT2D eigenvalue weighted by Gasteiger charge is -2.32. The van der Waals surface area contributed by atoms with Crippen molar-refractivity contribution in [1.82, 2.24) is 20.2 Å². The number of hydrogen-bond acceptors (Lipinski definition) is 6. The van der Waals surface area contributed by atoms with Crippen LogP contribution in [-0.4, -0.2) is 54.5 Å². The first-order valence-corrected chi connectivity index (χ1v) is 9.57. The monoisotopic (exact) mass is 359 g/mol. The highest BCUT2D eigenvalue weighted by Crippen LogP contribution is 2.22. The van der Waals surface area contributed by atoms with Crippen molar-refractivity contribution in [3.05, 3.63) is 40.8 Å².